The maximum atomic E-state index is 12.7. The lowest BCUT2D eigenvalue weighted by molar-refractivity contribution is -0.141. The van der Waals surface area contributed by atoms with Gasteiger partial charge in [0.15, 0.2) is 5.69 Å². The summed E-state index contributed by atoms with van der Waals surface area (Å²) in [6, 6.07) is 1.72. The lowest BCUT2D eigenvalue weighted by Gasteiger charge is -2.23. The molecule has 1 aliphatic rings. The van der Waals surface area contributed by atoms with E-state index in [-0.39, 0.29) is 18.2 Å². The van der Waals surface area contributed by atoms with Crippen molar-refractivity contribution < 1.29 is 18.0 Å². The Balaban J connectivity index is 1.53. The van der Waals surface area contributed by atoms with Crippen LogP contribution in [0.15, 0.2) is 18.5 Å². The Bertz CT molecular complexity index is 677. The molecule has 23 heavy (non-hydrogen) atoms. The van der Waals surface area contributed by atoms with E-state index in [4.69, 9.17) is 0 Å². The van der Waals surface area contributed by atoms with Crippen LogP contribution in [-0.2, 0) is 30.4 Å². The molecule has 124 valence electrons. The average Bonchev–Trinajstić information content (AvgIpc) is 3.12. The molecule has 2 N–H and O–H groups in total. The van der Waals surface area contributed by atoms with Crippen molar-refractivity contribution in [1.29, 1.82) is 0 Å². The van der Waals surface area contributed by atoms with Crippen molar-refractivity contribution in [3.63, 3.8) is 0 Å². The van der Waals surface area contributed by atoms with Crippen molar-refractivity contribution in [2.24, 2.45) is 5.92 Å². The van der Waals surface area contributed by atoms with Crippen LogP contribution in [0.5, 0.6) is 0 Å². The fourth-order valence-corrected chi connectivity index (χ4v) is 2.69. The van der Waals surface area contributed by atoms with E-state index in [1.807, 2.05) is 0 Å². The van der Waals surface area contributed by atoms with Gasteiger partial charge in [-0.1, -0.05) is 0 Å². The molecule has 0 aliphatic carbocycles. The molecule has 3 rings (SSSR count). The van der Waals surface area contributed by atoms with Crippen LogP contribution in [-0.4, -0.2) is 32.2 Å². The van der Waals surface area contributed by atoms with Crippen molar-refractivity contribution in [2.75, 3.05) is 6.54 Å². The van der Waals surface area contributed by atoms with Crippen molar-refractivity contribution in [2.45, 2.75) is 32.0 Å². The highest BCUT2D eigenvalue weighted by Gasteiger charge is 2.35. The standard InChI is InChI=1S/C14H16F3N5O/c15-14(16,17)11-8-22-7-9(1-2-12(22)20-11)6-18-13(23)5-10-3-4-19-21-10/h3-4,8-9H,1-2,5-7H2,(H,18,23)(H,19,21)/t9-/m1/s1. The molecule has 1 aliphatic heterocycles. The van der Waals surface area contributed by atoms with Gasteiger partial charge in [0, 0.05) is 37.6 Å². The summed E-state index contributed by atoms with van der Waals surface area (Å²) in [4.78, 5) is 15.4. The minimum absolute atomic E-state index is 0.100. The highest BCUT2D eigenvalue weighted by atomic mass is 19.4. The first kappa shape index (κ1) is 15.6. The number of alkyl halides is 3. The van der Waals surface area contributed by atoms with Gasteiger partial charge in [-0.15, -0.1) is 0 Å². The first-order valence-electron chi connectivity index (χ1n) is 7.30. The number of hydrogen-bond donors (Lipinski definition) is 2. The number of aromatic amines is 1. The minimum Gasteiger partial charge on any atom is -0.355 e. The van der Waals surface area contributed by atoms with Crippen molar-refractivity contribution in [3.8, 4) is 0 Å². The molecule has 0 unspecified atom stereocenters. The van der Waals surface area contributed by atoms with Crippen molar-refractivity contribution >= 4 is 5.91 Å². The largest absolute Gasteiger partial charge is 0.434 e. The Hall–Kier alpha value is -2.32. The molecule has 0 aromatic carbocycles. The third-order valence-electron chi connectivity index (χ3n) is 3.88. The van der Waals surface area contributed by atoms with E-state index in [0.29, 0.717) is 31.8 Å². The lowest BCUT2D eigenvalue weighted by Crippen LogP contribution is -2.34. The zero-order valence-electron chi connectivity index (χ0n) is 12.2. The molecule has 9 heteroatoms. The predicted octanol–water partition coefficient (Wildman–Crippen LogP) is 1.55. The fraction of sp³-hybridized carbons (Fsp3) is 0.500. The smallest absolute Gasteiger partial charge is 0.355 e. The van der Waals surface area contributed by atoms with Crippen LogP contribution in [0.3, 0.4) is 0 Å². The van der Waals surface area contributed by atoms with Gasteiger partial charge < -0.3 is 9.88 Å². The Morgan fingerprint density at radius 3 is 3.00 bits per heavy atom. The number of carbonyl (C=O) groups is 1. The van der Waals surface area contributed by atoms with Crippen LogP contribution >= 0.6 is 0 Å². The third kappa shape index (κ3) is 3.72. The van der Waals surface area contributed by atoms with E-state index in [1.54, 1.807) is 12.3 Å². The Kier molecular flexibility index (Phi) is 4.10. The van der Waals surface area contributed by atoms with Gasteiger partial charge in [-0.05, 0) is 18.4 Å². The van der Waals surface area contributed by atoms with Crippen LogP contribution in [0.1, 0.15) is 23.6 Å². The second kappa shape index (κ2) is 6.05. The van der Waals surface area contributed by atoms with Gasteiger partial charge in [-0.2, -0.15) is 18.3 Å². The van der Waals surface area contributed by atoms with Crippen LogP contribution < -0.4 is 5.32 Å². The molecule has 0 saturated heterocycles. The first-order chi connectivity index (χ1) is 10.9. The average molecular weight is 327 g/mol. The molecular formula is C14H16F3N5O. The van der Waals surface area contributed by atoms with Crippen molar-refractivity contribution in [3.05, 3.63) is 35.7 Å². The normalized spacial score (nSPS) is 17.8. The molecule has 0 bridgehead atoms. The highest BCUT2D eigenvalue weighted by Crippen LogP contribution is 2.30. The Morgan fingerprint density at radius 1 is 1.48 bits per heavy atom. The van der Waals surface area contributed by atoms with Crippen LogP contribution in [0.25, 0.3) is 0 Å². The second-order valence-corrected chi connectivity index (χ2v) is 5.66. The molecule has 0 saturated carbocycles. The zero-order valence-corrected chi connectivity index (χ0v) is 12.2. The van der Waals surface area contributed by atoms with Gasteiger partial charge in [0.25, 0.3) is 0 Å². The summed E-state index contributed by atoms with van der Waals surface area (Å²) in [5.74, 6) is 0.419. The molecule has 2 aromatic heterocycles. The molecule has 3 heterocycles. The van der Waals surface area contributed by atoms with E-state index >= 15 is 0 Å². The number of fused-ring (bicyclic) bond motifs is 1. The summed E-state index contributed by atoms with van der Waals surface area (Å²) in [6.45, 7) is 0.870. The molecule has 0 radical (unpaired) electrons. The highest BCUT2D eigenvalue weighted by molar-refractivity contribution is 5.78. The minimum atomic E-state index is -4.42. The summed E-state index contributed by atoms with van der Waals surface area (Å²) in [5.41, 5.74) is -0.130. The first-order valence-corrected chi connectivity index (χ1v) is 7.30. The number of imidazole rings is 1. The maximum Gasteiger partial charge on any atom is 0.434 e. The summed E-state index contributed by atoms with van der Waals surface area (Å²) < 4.78 is 39.5. The van der Waals surface area contributed by atoms with E-state index in [1.165, 1.54) is 4.57 Å². The number of aromatic nitrogens is 4. The molecule has 1 atom stereocenters. The van der Waals surface area contributed by atoms with Crippen molar-refractivity contribution in [1.82, 2.24) is 25.1 Å². The van der Waals surface area contributed by atoms with E-state index < -0.39 is 11.9 Å². The number of nitrogens with one attached hydrogen (secondary N) is 2. The Morgan fingerprint density at radius 2 is 2.30 bits per heavy atom. The van der Waals surface area contributed by atoms with E-state index in [0.717, 1.165) is 11.9 Å². The van der Waals surface area contributed by atoms with Crippen LogP contribution in [0.4, 0.5) is 13.2 Å². The predicted molar refractivity (Wildman–Crippen MR) is 74.3 cm³/mol. The van der Waals surface area contributed by atoms with Gasteiger partial charge in [0.2, 0.25) is 5.91 Å². The molecule has 1 amide bonds. The Labute approximate surface area is 130 Å². The van der Waals surface area contributed by atoms with Gasteiger partial charge in [0.1, 0.15) is 5.82 Å². The van der Waals surface area contributed by atoms with E-state index in [9.17, 15) is 18.0 Å². The molecule has 0 spiro atoms. The number of H-pyrrole nitrogens is 1. The van der Waals surface area contributed by atoms with Gasteiger partial charge in [-0.25, -0.2) is 4.98 Å². The number of amides is 1. The number of rotatable bonds is 4. The SMILES string of the molecule is O=C(Cc1ccn[nH]1)NC[C@H]1CCc2nc(C(F)(F)F)cn2C1. The number of carbonyl (C=O) groups excluding carboxylic acids is 1. The summed E-state index contributed by atoms with van der Waals surface area (Å²) in [5, 5.41) is 9.29. The van der Waals surface area contributed by atoms with E-state index in [2.05, 4.69) is 20.5 Å². The number of halogens is 3. The maximum absolute atomic E-state index is 12.7. The molecule has 0 fully saturated rings. The lowest BCUT2D eigenvalue weighted by atomic mass is 9.99. The fourth-order valence-electron chi connectivity index (χ4n) is 2.69. The molecular weight excluding hydrogens is 311 g/mol. The van der Waals surface area contributed by atoms with Gasteiger partial charge in [-0.3, -0.25) is 9.89 Å². The molecule has 2 aromatic rings. The van der Waals surface area contributed by atoms with Gasteiger partial charge in [0.05, 0.1) is 6.42 Å². The van der Waals surface area contributed by atoms with Crippen LogP contribution in [0.2, 0.25) is 0 Å². The summed E-state index contributed by atoms with van der Waals surface area (Å²) >= 11 is 0. The quantitative estimate of drug-likeness (QED) is 0.894. The zero-order chi connectivity index (χ0) is 16.4. The third-order valence-corrected chi connectivity index (χ3v) is 3.88. The number of hydrogen-bond acceptors (Lipinski definition) is 3. The topological polar surface area (TPSA) is 75.6 Å². The molecule has 6 nitrogen and oxygen atoms in total. The number of nitrogens with zero attached hydrogens (tertiary/aromatic N) is 3. The second-order valence-electron chi connectivity index (χ2n) is 5.66. The monoisotopic (exact) mass is 327 g/mol. The summed E-state index contributed by atoms with van der Waals surface area (Å²) in [6.07, 6.45) is -0.397. The van der Waals surface area contributed by atoms with Crippen LogP contribution in [0, 0.1) is 5.92 Å². The summed E-state index contributed by atoms with van der Waals surface area (Å²) in [7, 11) is 0. The number of aryl methyl sites for hydroxylation is 1. The van der Waals surface area contributed by atoms with Gasteiger partial charge >= 0.3 is 6.18 Å².